The van der Waals surface area contributed by atoms with Crippen LogP contribution < -0.4 is 15.6 Å². The first-order valence-corrected chi connectivity index (χ1v) is 13.1. The van der Waals surface area contributed by atoms with Crippen molar-refractivity contribution in [2.45, 2.75) is 70.4 Å². The molecule has 3 aliphatic rings. The fourth-order valence-corrected chi connectivity index (χ4v) is 5.41. The number of rotatable bonds is 6. The number of nitriles is 1. The smallest absolute Gasteiger partial charge is 0.229 e. The second-order valence-corrected chi connectivity index (χ2v) is 10.5. The second kappa shape index (κ2) is 12.5. The van der Waals surface area contributed by atoms with E-state index in [-0.39, 0.29) is 5.95 Å². The minimum absolute atomic E-state index is 0.00804. The van der Waals surface area contributed by atoms with E-state index in [2.05, 4.69) is 40.1 Å². The van der Waals surface area contributed by atoms with Crippen LogP contribution in [0.5, 0.6) is 5.75 Å². The number of halogens is 2. The number of nitrogens with zero attached hydrogens (tertiary/aromatic N) is 4. The molecule has 0 bridgehead atoms. The molecule has 3 fully saturated rings. The summed E-state index contributed by atoms with van der Waals surface area (Å²) >= 11 is 0. The summed E-state index contributed by atoms with van der Waals surface area (Å²) in [6, 6.07) is 7.93. The van der Waals surface area contributed by atoms with Gasteiger partial charge in [0.2, 0.25) is 5.95 Å². The molecule has 200 valence electrons. The van der Waals surface area contributed by atoms with Crippen LogP contribution in [0.4, 0.5) is 26.3 Å². The molecule has 0 saturated carbocycles. The van der Waals surface area contributed by atoms with Crippen molar-refractivity contribution in [3.63, 3.8) is 0 Å². The third-order valence-electron chi connectivity index (χ3n) is 7.49. The second-order valence-electron chi connectivity index (χ2n) is 10.5. The van der Waals surface area contributed by atoms with Gasteiger partial charge in [0.05, 0.1) is 18.4 Å². The summed E-state index contributed by atoms with van der Waals surface area (Å²) in [5.41, 5.74) is 2.50. The van der Waals surface area contributed by atoms with Crippen LogP contribution in [0.2, 0.25) is 0 Å². The number of benzene rings is 1. The van der Waals surface area contributed by atoms with Gasteiger partial charge in [0.1, 0.15) is 11.8 Å². The number of hydrogen-bond donors (Lipinski definition) is 2. The fourth-order valence-electron chi connectivity index (χ4n) is 5.41. The Bertz CT molecular complexity index is 1090. The molecule has 2 aromatic rings. The lowest BCUT2D eigenvalue weighted by molar-refractivity contribution is 0.0497. The number of anilines is 3. The van der Waals surface area contributed by atoms with Crippen molar-refractivity contribution >= 4 is 17.5 Å². The molecule has 10 heteroatoms. The summed E-state index contributed by atoms with van der Waals surface area (Å²) in [5.74, 6) is -0.596. The van der Waals surface area contributed by atoms with Crippen LogP contribution in [0.1, 0.15) is 64.4 Å². The van der Waals surface area contributed by atoms with Crippen molar-refractivity contribution < 1.29 is 18.3 Å². The lowest BCUT2D eigenvalue weighted by Crippen LogP contribution is -2.49. The molecule has 0 amide bonds. The van der Waals surface area contributed by atoms with Crippen molar-refractivity contribution in [2.24, 2.45) is 5.92 Å². The number of nitrogens with one attached hydrogen (secondary N) is 2. The molecule has 1 aromatic heterocycles. The van der Waals surface area contributed by atoms with Crippen LogP contribution in [0.25, 0.3) is 0 Å². The maximum Gasteiger partial charge on any atom is 0.229 e. The molecule has 5 rings (SSSR count). The molecule has 0 aliphatic carbocycles. The molecule has 4 heterocycles. The van der Waals surface area contributed by atoms with Crippen molar-refractivity contribution in [2.75, 3.05) is 37.2 Å². The van der Waals surface area contributed by atoms with E-state index < -0.39 is 11.6 Å². The summed E-state index contributed by atoms with van der Waals surface area (Å²) < 4.78 is 36.7. The highest BCUT2D eigenvalue weighted by Gasteiger charge is 2.38. The van der Waals surface area contributed by atoms with Crippen LogP contribution >= 0.6 is 0 Å². The Morgan fingerprint density at radius 3 is 2.73 bits per heavy atom. The summed E-state index contributed by atoms with van der Waals surface area (Å²) in [6.45, 7) is 8.16. The monoisotopic (exact) mass is 514 g/mol. The van der Waals surface area contributed by atoms with Crippen LogP contribution in [-0.4, -0.2) is 52.8 Å². The van der Waals surface area contributed by atoms with Gasteiger partial charge >= 0.3 is 0 Å². The lowest BCUT2D eigenvalue weighted by Gasteiger charge is -2.44. The van der Waals surface area contributed by atoms with Crippen LogP contribution in [-0.2, 0) is 4.74 Å². The highest BCUT2D eigenvalue weighted by atomic mass is 19.2. The quantitative estimate of drug-likeness (QED) is 0.471. The molecular formula is C27H36F2N6O2. The Balaban J connectivity index is 0.000000241. The molecule has 1 unspecified atom stereocenters. The van der Waals surface area contributed by atoms with Gasteiger partial charge in [-0.15, -0.1) is 4.48 Å². The van der Waals surface area contributed by atoms with Crippen LogP contribution in [0, 0.1) is 23.1 Å². The van der Waals surface area contributed by atoms with E-state index in [1.807, 2.05) is 0 Å². The van der Waals surface area contributed by atoms with Crippen molar-refractivity contribution in [3.05, 3.63) is 35.8 Å². The van der Waals surface area contributed by atoms with Gasteiger partial charge in [0, 0.05) is 30.5 Å². The Morgan fingerprint density at radius 2 is 2.00 bits per heavy atom. The summed E-state index contributed by atoms with van der Waals surface area (Å²) in [7, 11) is 0. The number of ether oxygens (including phenoxy) is 2. The Labute approximate surface area is 217 Å². The van der Waals surface area contributed by atoms with Gasteiger partial charge in [0.15, 0.2) is 11.6 Å². The number of aromatic nitrogens is 2. The molecule has 0 spiro atoms. The first kappa shape index (κ1) is 27.0. The van der Waals surface area contributed by atoms with Crippen molar-refractivity contribution in [1.82, 2.24) is 14.9 Å². The standard InChI is InChI=1S/C17H17F2N5O2.C10H19N/c18-14-9-21-17(23-16(14)24-19)22-13-1-2-15(12(7-13)8-20)26-10-11-3-5-25-6-4-11;1-10(2)7-3-5-9-6-4-8-11(9)10/h1-2,7,9,11H,3-6,10H2,(H2,21,22,23,24);9H,3-8H2,1-2H3. The van der Waals surface area contributed by atoms with E-state index >= 15 is 0 Å². The third-order valence-corrected chi connectivity index (χ3v) is 7.49. The molecule has 0 radical (unpaired) electrons. The van der Waals surface area contributed by atoms with E-state index in [1.54, 1.807) is 18.2 Å². The SMILES string of the molecule is CC1(C)CCCC2CCCN21.N#Cc1cc(Nc2ncc(F)c(NF)n2)ccc1OCC1CCOCC1. The van der Waals surface area contributed by atoms with E-state index in [4.69, 9.17) is 9.47 Å². The molecule has 3 aliphatic heterocycles. The maximum absolute atomic E-state index is 13.2. The average Bonchev–Trinajstić information content (AvgIpc) is 3.40. The molecule has 3 saturated heterocycles. The lowest BCUT2D eigenvalue weighted by atomic mass is 9.87. The van der Waals surface area contributed by atoms with Gasteiger partial charge in [-0.05, 0) is 83.0 Å². The molecule has 2 N–H and O–H groups in total. The van der Waals surface area contributed by atoms with E-state index in [0.717, 1.165) is 43.8 Å². The predicted octanol–water partition coefficient (Wildman–Crippen LogP) is 5.75. The number of piperidine rings is 1. The zero-order valence-corrected chi connectivity index (χ0v) is 21.6. The number of hydrogen-bond acceptors (Lipinski definition) is 8. The molecule has 1 aromatic carbocycles. The topological polar surface area (TPSA) is 95.3 Å². The van der Waals surface area contributed by atoms with Gasteiger partial charge in [-0.25, -0.2) is 14.9 Å². The average molecular weight is 515 g/mol. The maximum atomic E-state index is 13.2. The molecular weight excluding hydrogens is 478 g/mol. The predicted molar refractivity (Wildman–Crippen MR) is 138 cm³/mol. The Morgan fingerprint density at radius 1 is 1.22 bits per heavy atom. The van der Waals surface area contributed by atoms with Gasteiger partial charge < -0.3 is 14.8 Å². The van der Waals surface area contributed by atoms with Gasteiger partial charge in [-0.3, -0.25) is 4.90 Å². The highest BCUT2D eigenvalue weighted by molar-refractivity contribution is 5.60. The minimum atomic E-state index is -0.910. The molecule has 37 heavy (non-hydrogen) atoms. The zero-order chi connectivity index (χ0) is 26.3. The van der Waals surface area contributed by atoms with E-state index in [0.29, 0.717) is 35.1 Å². The number of fused-ring (bicyclic) bond motifs is 1. The zero-order valence-electron chi connectivity index (χ0n) is 21.6. The van der Waals surface area contributed by atoms with Gasteiger partial charge in [0.25, 0.3) is 0 Å². The fraction of sp³-hybridized carbons (Fsp3) is 0.593. The Hall–Kier alpha value is -3.03. The summed E-state index contributed by atoms with van der Waals surface area (Å²) in [4.78, 5) is 10.1. The summed E-state index contributed by atoms with van der Waals surface area (Å²) in [6.07, 6.45) is 9.94. The van der Waals surface area contributed by atoms with E-state index in [1.165, 1.54) is 38.6 Å². The summed E-state index contributed by atoms with van der Waals surface area (Å²) in [5, 5.41) is 12.1. The largest absolute Gasteiger partial charge is 0.492 e. The molecule has 1 atom stereocenters. The first-order valence-electron chi connectivity index (χ1n) is 13.1. The van der Waals surface area contributed by atoms with Crippen molar-refractivity contribution in [1.29, 1.82) is 5.26 Å². The van der Waals surface area contributed by atoms with Crippen LogP contribution in [0.3, 0.4) is 0 Å². The highest BCUT2D eigenvalue weighted by Crippen LogP contribution is 2.37. The Kier molecular flexibility index (Phi) is 9.11. The van der Waals surface area contributed by atoms with Crippen molar-refractivity contribution in [3.8, 4) is 11.8 Å². The van der Waals surface area contributed by atoms with Gasteiger partial charge in [-0.2, -0.15) is 10.2 Å². The van der Waals surface area contributed by atoms with Gasteiger partial charge in [-0.1, -0.05) is 6.42 Å². The normalized spacial score (nSPS) is 21.2. The van der Waals surface area contributed by atoms with Crippen LogP contribution in [0.15, 0.2) is 24.4 Å². The minimum Gasteiger partial charge on any atom is -0.492 e. The first-order chi connectivity index (χ1) is 17.9. The molecule has 8 nitrogen and oxygen atoms in total. The van der Waals surface area contributed by atoms with E-state index in [9.17, 15) is 14.1 Å². The third kappa shape index (κ3) is 7.05.